The highest BCUT2D eigenvalue weighted by Gasteiger charge is 2.21. The Kier molecular flexibility index (Phi) is 2.79. The number of nitrogens with zero attached hydrogens (tertiary/aromatic N) is 2. The molecule has 1 aliphatic heterocycles. The molecule has 0 atom stereocenters. The van der Waals surface area contributed by atoms with Crippen LogP contribution in [0.4, 0.5) is 0 Å². The fraction of sp³-hybridized carbons (Fsp3) is 0.700. The summed E-state index contributed by atoms with van der Waals surface area (Å²) in [5.41, 5.74) is 1.07. The first-order valence-electron chi connectivity index (χ1n) is 5.09. The van der Waals surface area contributed by atoms with E-state index >= 15 is 0 Å². The van der Waals surface area contributed by atoms with Crippen molar-refractivity contribution in [3.63, 3.8) is 0 Å². The second-order valence-corrected chi connectivity index (χ2v) is 4.29. The fourth-order valence-electron chi connectivity index (χ4n) is 2.01. The Morgan fingerprint density at radius 2 is 2.07 bits per heavy atom. The van der Waals surface area contributed by atoms with Crippen molar-refractivity contribution >= 4 is 11.6 Å². The summed E-state index contributed by atoms with van der Waals surface area (Å²) in [5.74, 6) is 1.72. The Morgan fingerprint density at radius 3 is 2.57 bits per heavy atom. The van der Waals surface area contributed by atoms with Gasteiger partial charge in [0.15, 0.2) is 0 Å². The number of hydrogen-bond donors (Lipinski definition) is 1. The van der Waals surface area contributed by atoms with E-state index in [2.05, 4.69) is 14.9 Å². The molecule has 1 aromatic rings. The Balaban J connectivity index is 2.26. The second-order valence-electron chi connectivity index (χ2n) is 3.93. The maximum Gasteiger partial charge on any atom is 0.150 e. The predicted octanol–water partition coefficient (Wildman–Crippen LogP) is 1.85. The molecule has 1 saturated heterocycles. The van der Waals surface area contributed by atoms with Gasteiger partial charge in [-0.05, 0) is 32.9 Å². The van der Waals surface area contributed by atoms with Crippen LogP contribution in [-0.2, 0) is 7.05 Å². The Morgan fingerprint density at radius 1 is 1.43 bits per heavy atom. The van der Waals surface area contributed by atoms with Crippen LogP contribution in [0.3, 0.4) is 0 Å². The lowest BCUT2D eigenvalue weighted by molar-refractivity contribution is 0.436. The molecule has 1 aliphatic rings. The summed E-state index contributed by atoms with van der Waals surface area (Å²) in [6, 6.07) is 0. The van der Waals surface area contributed by atoms with E-state index in [1.165, 1.54) is 12.8 Å². The zero-order valence-electron chi connectivity index (χ0n) is 8.68. The topological polar surface area (TPSA) is 29.9 Å². The van der Waals surface area contributed by atoms with Gasteiger partial charge in [-0.2, -0.15) is 0 Å². The van der Waals surface area contributed by atoms with Gasteiger partial charge in [-0.25, -0.2) is 4.98 Å². The van der Waals surface area contributed by atoms with Crippen LogP contribution >= 0.6 is 11.6 Å². The van der Waals surface area contributed by atoms with E-state index < -0.39 is 0 Å². The van der Waals surface area contributed by atoms with Gasteiger partial charge in [0.25, 0.3) is 0 Å². The van der Waals surface area contributed by atoms with E-state index in [0.29, 0.717) is 11.1 Å². The van der Waals surface area contributed by atoms with Crippen molar-refractivity contribution in [1.82, 2.24) is 14.9 Å². The van der Waals surface area contributed by atoms with Gasteiger partial charge in [0.1, 0.15) is 11.0 Å². The van der Waals surface area contributed by atoms with Crippen molar-refractivity contribution in [2.24, 2.45) is 7.05 Å². The average Bonchev–Trinajstić information content (AvgIpc) is 2.47. The van der Waals surface area contributed by atoms with Gasteiger partial charge in [0.2, 0.25) is 0 Å². The molecule has 0 amide bonds. The maximum atomic E-state index is 6.01. The quantitative estimate of drug-likeness (QED) is 0.772. The van der Waals surface area contributed by atoms with Gasteiger partial charge in [-0.15, -0.1) is 0 Å². The number of rotatable bonds is 1. The minimum absolute atomic E-state index is 0.576. The summed E-state index contributed by atoms with van der Waals surface area (Å²) in [7, 11) is 2.05. The van der Waals surface area contributed by atoms with Crippen LogP contribution in [0.2, 0.25) is 5.15 Å². The van der Waals surface area contributed by atoms with Crippen LogP contribution in [0.25, 0.3) is 0 Å². The van der Waals surface area contributed by atoms with Crippen molar-refractivity contribution < 1.29 is 0 Å². The SMILES string of the molecule is Cc1c(Cl)nc(C2CCNCC2)n1C. The van der Waals surface area contributed by atoms with Crippen molar-refractivity contribution in [2.45, 2.75) is 25.7 Å². The van der Waals surface area contributed by atoms with E-state index in [9.17, 15) is 0 Å². The number of halogens is 1. The third kappa shape index (κ3) is 1.66. The van der Waals surface area contributed by atoms with Crippen LogP contribution in [-0.4, -0.2) is 22.6 Å². The van der Waals surface area contributed by atoms with E-state index in [0.717, 1.165) is 24.6 Å². The lowest BCUT2D eigenvalue weighted by Crippen LogP contribution is -2.27. The highest BCUT2D eigenvalue weighted by Crippen LogP contribution is 2.27. The molecule has 0 spiro atoms. The molecule has 1 aromatic heterocycles. The maximum absolute atomic E-state index is 6.01. The molecule has 1 N–H and O–H groups in total. The van der Waals surface area contributed by atoms with Gasteiger partial charge in [0, 0.05) is 13.0 Å². The predicted molar refractivity (Wildman–Crippen MR) is 57.8 cm³/mol. The molecule has 0 aliphatic carbocycles. The van der Waals surface area contributed by atoms with Crippen LogP contribution in [0, 0.1) is 6.92 Å². The highest BCUT2D eigenvalue weighted by atomic mass is 35.5. The zero-order valence-corrected chi connectivity index (χ0v) is 9.43. The van der Waals surface area contributed by atoms with Gasteiger partial charge < -0.3 is 9.88 Å². The Bertz CT molecular complexity index is 326. The highest BCUT2D eigenvalue weighted by molar-refractivity contribution is 6.30. The molecule has 3 nitrogen and oxygen atoms in total. The lowest BCUT2D eigenvalue weighted by Gasteiger charge is -2.22. The minimum Gasteiger partial charge on any atom is -0.334 e. The van der Waals surface area contributed by atoms with Gasteiger partial charge in [-0.3, -0.25) is 0 Å². The smallest absolute Gasteiger partial charge is 0.150 e. The summed E-state index contributed by atoms with van der Waals surface area (Å²) in [4.78, 5) is 4.43. The third-order valence-corrected chi connectivity index (χ3v) is 3.42. The van der Waals surface area contributed by atoms with Gasteiger partial charge in [-0.1, -0.05) is 11.6 Å². The van der Waals surface area contributed by atoms with Crippen LogP contribution < -0.4 is 5.32 Å². The zero-order chi connectivity index (χ0) is 10.1. The largest absolute Gasteiger partial charge is 0.334 e. The fourth-order valence-corrected chi connectivity index (χ4v) is 2.23. The first-order chi connectivity index (χ1) is 6.70. The number of nitrogens with one attached hydrogen (secondary N) is 1. The molecule has 2 heterocycles. The van der Waals surface area contributed by atoms with Crippen molar-refractivity contribution in [3.05, 3.63) is 16.7 Å². The first-order valence-corrected chi connectivity index (χ1v) is 5.47. The molecule has 1 fully saturated rings. The molecule has 14 heavy (non-hydrogen) atoms. The van der Waals surface area contributed by atoms with Crippen LogP contribution in [0.1, 0.15) is 30.3 Å². The standard InChI is InChI=1S/C10H16ClN3/c1-7-9(11)13-10(14(7)2)8-3-5-12-6-4-8/h8,12H,3-6H2,1-2H3. The Hall–Kier alpha value is -0.540. The molecule has 0 radical (unpaired) electrons. The summed E-state index contributed by atoms with van der Waals surface area (Å²) >= 11 is 6.01. The van der Waals surface area contributed by atoms with Gasteiger partial charge in [0.05, 0.1) is 5.69 Å². The van der Waals surface area contributed by atoms with E-state index in [-0.39, 0.29) is 0 Å². The summed E-state index contributed by atoms with van der Waals surface area (Å²) in [6.45, 7) is 4.20. The monoisotopic (exact) mass is 213 g/mol. The molecule has 78 valence electrons. The molecular formula is C10H16ClN3. The van der Waals surface area contributed by atoms with E-state index in [1.807, 2.05) is 14.0 Å². The van der Waals surface area contributed by atoms with Crippen LogP contribution in [0.5, 0.6) is 0 Å². The molecule has 0 aromatic carbocycles. The number of piperidine rings is 1. The molecule has 0 unspecified atom stereocenters. The average molecular weight is 214 g/mol. The lowest BCUT2D eigenvalue weighted by atomic mass is 9.97. The molecular weight excluding hydrogens is 198 g/mol. The number of aromatic nitrogens is 2. The molecule has 4 heteroatoms. The van der Waals surface area contributed by atoms with E-state index in [1.54, 1.807) is 0 Å². The second kappa shape index (κ2) is 3.91. The number of imidazole rings is 1. The molecule has 0 bridgehead atoms. The molecule has 2 rings (SSSR count). The normalized spacial score (nSPS) is 18.8. The van der Waals surface area contributed by atoms with Crippen molar-refractivity contribution in [3.8, 4) is 0 Å². The summed E-state index contributed by atoms with van der Waals surface area (Å²) in [5, 5.41) is 4.01. The first kappa shape index (κ1) is 9.99. The van der Waals surface area contributed by atoms with Crippen LogP contribution in [0.15, 0.2) is 0 Å². The van der Waals surface area contributed by atoms with Crippen molar-refractivity contribution in [1.29, 1.82) is 0 Å². The summed E-state index contributed by atoms with van der Waals surface area (Å²) in [6.07, 6.45) is 2.33. The molecule has 0 saturated carbocycles. The third-order valence-electron chi connectivity index (χ3n) is 3.06. The van der Waals surface area contributed by atoms with Crippen molar-refractivity contribution in [2.75, 3.05) is 13.1 Å². The Labute approximate surface area is 89.5 Å². The minimum atomic E-state index is 0.576. The number of hydrogen-bond acceptors (Lipinski definition) is 2. The van der Waals surface area contributed by atoms with E-state index in [4.69, 9.17) is 11.6 Å². The summed E-state index contributed by atoms with van der Waals surface area (Å²) < 4.78 is 2.12. The van der Waals surface area contributed by atoms with Gasteiger partial charge >= 0.3 is 0 Å².